The molecule has 1 aliphatic carbocycles. The van der Waals surface area contributed by atoms with Gasteiger partial charge in [-0.15, -0.1) is 0 Å². The molecule has 1 aromatic carbocycles. The van der Waals surface area contributed by atoms with Gasteiger partial charge in [-0.3, -0.25) is 9.79 Å². The molecular weight excluding hydrogens is 340 g/mol. The summed E-state index contributed by atoms with van der Waals surface area (Å²) in [4.78, 5) is 20.4. The summed E-state index contributed by atoms with van der Waals surface area (Å²) in [5, 5.41) is 11.4. The number of benzene rings is 1. The van der Waals surface area contributed by atoms with Crippen LogP contribution >= 0.6 is 0 Å². The van der Waals surface area contributed by atoms with Crippen molar-refractivity contribution < 1.29 is 14.6 Å². The molecule has 1 fully saturated rings. The molecule has 0 saturated heterocycles. The zero-order valence-corrected chi connectivity index (χ0v) is 16.4. The fraction of sp³-hybridized carbons (Fsp3) is 0.455. The molecule has 0 unspecified atom stereocenters. The maximum atomic E-state index is 12.3. The van der Waals surface area contributed by atoms with Gasteiger partial charge in [-0.25, -0.2) is 0 Å². The summed E-state index contributed by atoms with van der Waals surface area (Å²) in [6, 6.07) is 6.02. The highest BCUT2D eigenvalue weighted by molar-refractivity contribution is 6.24. The molecule has 2 N–H and O–H groups in total. The number of aryl methyl sites for hydroxylation is 1. The summed E-state index contributed by atoms with van der Waals surface area (Å²) < 4.78 is 5.35. The first-order valence-electron chi connectivity index (χ1n) is 9.69. The Bertz CT molecular complexity index is 906. The summed E-state index contributed by atoms with van der Waals surface area (Å²) in [5.41, 5.74) is 4.68. The van der Waals surface area contributed by atoms with Gasteiger partial charge < -0.3 is 14.8 Å². The Balaban J connectivity index is 1.84. The molecule has 1 saturated carbocycles. The summed E-state index contributed by atoms with van der Waals surface area (Å²) in [5.74, 6) is 1.06. The molecule has 5 nitrogen and oxygen atoms in total. The lowest BCUT2D eigenvalue weighted by Gasteiger charge is -2.17. The maximum absolute atomic E-state index is 12.3. The van der Waals surface area contributed by atoms with Crippen molar-refractivity contribution in [3.8, 4) is 5.75 Å². The number of ether oxygens (including phenoxy) is 1. The molecule has 5 heteroatoms. The van der Waals surface area contributed by atoms with Gasteiger partial charge in [-0.2, -0.15) is 0 Å². The Morgan fingerprint density at radius 3 is 2.89 bits per heavy atom. The van der Waals surface area contributed by atoms with Crippen molar-refractivity contribution >= 4 is 22.4 Å². The minimum Gasteiger partial charge on any atom is -0.511 e. The maximum Gasteiger partial charge on any atom is 0.168 e. The monoisotopic (exact) mass is 368 g/mol. The van der Waals surface area contributed by atoms with Crippen LogP contribution in [0.2, 0.25) is 0 Å². The first kappa shape index (κ1) is 19.2. The minimum absolute atomic E-state index is 0.0268. The van der Waals surface area contributed by atoms with Crippen molar-refractivity contribution in [2.75, 3.05) is 13.7 Å². The lowest BCUT2D eigenvalue weighted by atomic mass is 9.89. The van der Waals surface area contributed by atoms with Gasteiger partial charge in [0.15, 0.2) is 5.78 Å². The molecule has 1 heterocycles. The van der Waals surface area contributed by atoms with Crippen LogP contribution in [0.4, 0.5) is 0 Å². The average Bonchev–Trinajstić information content (AvgIpc) is 2.96. The number of hydrogen-bond donors (Lipinski definition) is 2. The van der Waals surface area contributed by atoms with E-state index in [4.69, 9.17) is 9.73 Å². The molecule has 144 valence electrons. The summed E-state index contributed by atoms with van der Waals surface area (Å²) in [6.45, 7) is 4.66. The van der Waals surface area contributed by atoms with Gasteiger partial charge in [0.2, 0.25) is 0 Å². The van der Waals surface area contributed by atoms with E-state index in [1.165, 1.54) is 5.56 Å². The molecule has 27 heavy (non-hydrogen) atoms. The van der Waals surface area contributed by atoms with Gasteiger partial charge in [0.25, 0.3) is 0 Å². The molecule has 1 aromatic heterocycles. The molecule has 0 atom stereocenters. The first-order chi connectivity index (χ1) is 13.0. The first-order valence-corrected chi connectivity index (χ1v) is 9.69. The number of nitrogens with zero attached hydrogens (tertiary/aromatic N) is 1. The number of carbonyl (C=O) groups excluding carboxylic acids is 1. The third kappa shape index (κ3) is 4.07. The number of allylic oxidation sites excluding steroid dienone is 2. The molecule has 1 aliphatic rings. The molecular formula is C22H28N2O3. The van der Waals surface area contributed by atoms with Crippen LogP contribution in [0.1, 0.15) is 50.3 Å². The topological polar surface area (TPSA) is 74.7 Å². The minimum atomic E-state index is 0.0268. The number of ketones is 1. The zero-order valence-electron chi connectivity index (χ0n) is 16.4. The molecule has 3 rings (SSSR count). The third-order valence-corrected chi connectivity index (χ3v) is 5.15. The number of aromatic nitrogens is 1. The number of carbonyl (C=O) groups is 1. The van der Waals surface area contributed by atoms with Gasteiger partial charge in [0.1, 0.15) is 11.5 Å². The Hall–Kier alpha value is -2.56. The fourth-order valence-electron chi connectivity index (χ4n) is 3.79. The number of H-pyrrole nitrogens is 1. The average molecular weight is 368 g/mol. The number of aliphatic imine (C=N–C) groups is 1. The molecule has 0 spiro atoms. The number of methoxy groups -OCH3 is 1. The highest BCUT2D eigenvalue weighted by atomic mass is 16.5. The number of fused-ring (bicyclic) bond motifs is 1. The second-order valence-corrected chi connectivity index (χ2v) is 7.07. The Labute approximate surface area is 160 Å². The van der Waals surface area contributed by atoms with Crippen LogP contribution in [0, 0.1) is 6.92 Å². The van der Waals surface area contributed by atoms with E-state index in [-0.39, 0.29) is 11.5 Å². The van der Waals surface area contributed by atoms with Crippen molar-refractivity contribution in [1.29, 1.82) is 0 Å². The van der Waals surface area contributed by atoms with E-state index >= 15 is 0 Å². The SMILES string of the molecule is CCC/C(O)=C1\C(=O)CCCC1=NCCc1c(C)[nH]c2ccc(OC)cc12. The number of aromatic amines is 1. The number of aliphatic hydroxyl groups is 1. The van der Waals surface area contributed by atoms with Crippen LogP contribution in [0.3, 0.4) is 0 Å². The normalized spacial score (nSPS) is 18.3. The van der Waals surface area contributed by atoms with Crippen molar-refractivity contribution in [2.24, 2.45) is 4.99 Å². The number of hydrogen-bond acceptors (Lipinski definition) is 4. The largest absolute Gasteiger partial charge is 0.511 e. The quantitative estimate of drug-likeness (QED) is 0.566. The van der Waals surface area contributed by atoms with Gasteiger partial charge in [0.05, 0.1) is 12.7 Å². The van der Waals surface area contributed by atoms with Crippen molar-refractivity contribution in [2.45, 2.75) is 52.4 Å². The van der Waals surface area contributed by atoms with Crippen molar-refractivity contribution in [3.63, 3.8) is 0 Å². The predicted molar refractivity (Wildman–Crippen MR) is 109 cm³/mol. The van der Waals surface area contributed by atoms with Crippen LogP contribution in [-0.4, -0.2) is 35.2 Å². The number of rotatable bonds is 6. The Morgan fingerprint density at radius 1 is 1.33 bits per heavy atom. The van der Waals surface area contributed by atoms with E-state index < -0.39 is 0 Å². The summed E-state index contributed by atoms with van der Waals surface area (Å²) in [7, 11) is 1.67. The van der Waals surface area contributed by atoms with E-state index in [2.05, 4.69) is 11.9 Å². The van der Waals surface area contributed by atoms with E-state index in [1.807, 2.05) is 25.1 Å². The standard InChI is InChI=1S/C22H28N2O3/c1-4-6-20(25)22-19(7-5-8-21(22)26)23-12-11-16-14(2)24-18-10-9-15(27-3)13-17(16)18/h9-10,13,24-25H,4-8,11-12H2,1-3H3/b22-20+,23-19?. The number of nitrogens with one attached hydrogen (secondary N) is 1. The van der Waals surface area contributed by atoms with Gasteiger partial charge in [-0.05, 0) is 56.4 Å². The van der Waals surface area contributed by atoms with Crippen LogP contribution < -0.4 is 4.74 Å². The van der Waals surface area contributed by atoms with Crippen LogP contribution in [0.15, 0.2) is 34.5 Å². The van der Waals surface area contributed by atoms with Crippen LogP contribution in [0.25, 0.3) is 10.9 Å². The highest BCUT2D eigenvalue weighted by Gasteiger charge is 2.24. The smallest absolute Gasteiger partial charge is 0.168 e. The molecule has 2 aromatic rings. The third-order valence-electron chi connectivity index (χ3n) is 5.15. The van der Waals surface area contributed by atoms with Gasteiger partial charge in [0, 0.05) is 41.7 Å². The number of Topliss-reactive ketones (excluding diaryl/α,β-unsaturated/α-hetero) is 1. The predicted octanol–water partition coefficient (Wildman–Crippen LogP) is 4.83. The lowest BCUT2D eigenvalue weighted by molar-refractivity contribution is -0.115. The number of aliphatic hydroxyl groups excluding tert-OH is 1. The van der Waals surface area contributed by atoms with E-state index in [9.17, 15) is 9.90 Å². The highest BCUT2D eigenvalue weighted by Crippen LogP contribution is 2.27. The van der Waals surface area contributed by atoms with Crippen molar-refractivity contribution in [3.05, 3.63) is 40.8 Å². The van der Waals surface area contributed by atoms with E-state index in [1.54, 1.807) is 7.11 Å². The fourth-order valence-corrected chi connectivity index (χ4v) is 3.79. The van der Waals surface area contributed by atoms with Crippen molar-refractivity contribution in [1.82, 2.24) is 4.98 Å². The summed E-state index contributed by atoms with van der Waals surface area (Å²) in [6.07, 6.45) is 4.19. The lowest BCUT2D eigenvalue weighted by Crippen LogP contribution is -2.21. The van der Waals surface area contributed by atoms with Gasteiger partial charge in [-0.1, -0.05) is 6.92 Å². The second-order valence-electron chi connectivity index (χ2n) is 7.07. The van der Waals surface area contributed by atoms with E-state index in [0.29, 0.717) is 25.0 Å². The van der Waals surface area contributed by atoms with E-state index in [0.717, 1.165) is 53.7 Å². The van der Waals surface area contributed by atoms with Crippen LogP contribution in [0.5, 0.6) is 5.75 Å². The Morgan fingerprint density at radius 2 is 2.15 bits per heavy atom. The molecule has 0 bridgehead atoms. The molecule has 0 amide bonds. The van der Waals surface area contributed by atoms with Gasteiger partial charge >= 0.3 is 0 Å². The summed E-state index contributed by atoms with van der Waals surface area (Å²) >= 11 is 0. The second kappa shape index (κ2) is 8.42. The van der Waals surface area contributed by atoms with Crippen LogP contribution in [-0.2, 0) is 11.2 Å². The molecule has 0 radical (unpaired) electrons. The zero-order chi connectivity index (χ0) is 19.4. The molecule has 0 aliphatic heterocycles. The Kier molecular flexibility index (Phi) is 5.99.